The van der Waals surface area contributed by atoms with Gasteiger partial charge in [0.15, 0.2) is 0 Å². The van der Waals surface area contributed by atoms with E-state index in [-0.39, 0.29) is 11.2 Å². The number of benzene rings is 1. The fourth-order valence-corrected chi connectivity index (χ4v) is 4.48. The summed E-state index contributed by atoms with van der Waals surface area (Å²) in [6, 6.07) is 4.20. The maximum atomic E-state index is 12.7. The molecule has 1 aliphatic carbocycles. The fourth-order valence-electron chi connectivity index (χ4n) is 3.44. The number of carbonyl (C=O) groups is 1. The van der Waals surface area contributed by atoms with Gasteiger partial charge in [0.25, 0.3) is 0 Å². The highest BCUT2D eigenvalue weighted by Crippen LogP contribution is 2.32. The summed E-state index contributed by atoms with van der Waals surface area (Å²) in [7, 11) is 0. The van der Waals surface area contributed by atoms with Crippen LogP contribution >= 0.6 is 11.8 Å². The van der Waals surface area contributed by atoms with Crippen LogP contribution in [0.5, 0.6) is 0 Å². The lowest BCUT2D eigenvalue weighted by Crippen LogP contribution is -2.24. The summed E-state index contributed by atoms with van der Waals surface area (Å²) in [6.45, 7) is 10.0. The molecule has 2 aromatic rings. The molecule has 1 atom stereocenters. The van der Waals surface area contributed by atoms with Crippen molar-refractivity contribution < 1.29 is 4.79 Å². The zero-order valence-corrected chi connectivity index (χ0v) is 16.4. The topological polar surface area (TPSA) is 54.9 Å². The van der Waals surface area contributed by atoms with E-state index in [1.54, 1.807) is 11.8 Å². The molecule has 0 aliphatic heterocycles. The Labute approximate surface area is 153 Å². The van der Waals surface area contributed by atoms with Gasteiger partial charge in [0.1, 0.15) is 10.9 Å². The molecule has 132 valence electrons. The summed E-state index contributed by atoms with van der Waals surface area (Å²) in [5.74, 6) is 0.809. The zero-order valence-electron chi connectivity index (χ0n) is 15.6. The van der Waals surface area contributed by atoms with Crippen LogP contribution in [0.1, 0.15) is 47.1 Å². The number of nitrogens with zero attached hydrogens (tertiary/aromatic N) is 2. The molecule has 0 unspecified atom stereocenters. The van der Waals surface area contributed by atoms with Gasteiger partial charge in [-0.2, -0.15) is 0 Å². The van der Waals surface area contributed by atoms with E-state index < -0.39 is 0 Å². The fraction of sp³-hybridized carbons (Fsp3) is 0.450. The normalized spacial score (nSPS) is 14.3. The van der Waals surface area contributed by atoms with Crippen molar-refractivity contribution >= 4 is 23.4 Å². The highest BCUT2D eigenvalue weighted by atomic mass is 32.2. The van der Waals surface area contributed by atoms with Crippen molar-refractivity contribution in [3.05, 3.63) is 45.9 Å². The van der Waals surface area contributed by atoms with Gasteiger partial charge in [-0.1, -0.05) is 29.5 Å². The Morgan fingerprint density at radius 2 is 1.80 bits per heavy atom. The number of anilines is 1. The summed E-state index contributed by atoms with van der Waals surface area (Å²) in [6.07, 6.45) is 3.17. The number of carbonyl (C=O) groups excluding carboxylic acids is 1. The standard InChI is InChI=1S/C20H25N3OS/c1-11-9-12(2)18(13(3)10-11)23-19(24)14(4)25-20-16-7-6-8-17(16)21-15(5)22-20/h9-10,14H,6-8H2,1-5H3,(H,23,24)/t14-/m1/s1. The van der Waals surface area contributed by atoms with Crippen molar-refractivity contribution in [1.29, 1.82) is 0 Å². The SMILES string of the molecule is Cc1cc(C)c(NC(=O)[C@@H](C)Sc2nc(C)nc3c2CCC3)c(C)c1. The van der Waals surface area contributed by atoms with Gasteiger partial charge in [0.05, 0.1) is 5.25 Å². The molecule has 0 saturated carbocycles. The number of hydrogen-bond donors (Lipinski definition) is 1. The summed E-state index contributed by atoms with van der Waals surface area (Å²) >= 11 is 1.54. The van der Waals surface area contributed by atoms with Crippen LogP contribution in [0.2, 0.25) is 0 Å². The third-order valence-corrected chi connectivity index (χ3v) is 5.72. The third kappa shape index (κ3) is 3.87. The molecule has 1 aromatic heterocycles. The minimum absolute atomic E-state index is 0.0167. The minimum atomic E-state index is -0.209. The average molecular weight is 356 g/mol. The van der Waals surface area contributed by atoms with Gasteiger partial charge in [-0.05, 0) is 65.0 Å². The lowest BCUT2D eigenvalue weighted by molar-refractivity contribution is -0.115. The monoisotopic (exact) mass is 355 g/mol. The molecular weight excluding hydrogens is 330 g/mol. The molecule has 0 bridgehead atoms. The van der Waals surface area contributed by atoms with Gasteiger partial charge >= 0.3 is 0 Å². The number of aryl methyl sites for hydroxylation is 5. The van der Waals surface area contributed by atoms with Crippen LogP contribution in [-0.2, 0) is 17.6 Å². The van der Waals surface area contributed by atoms with Crippen molar-refractivity contribution in [3.63, 3.8) is 0 Å². The molecular formula is C20H25N3OS. The van der Waals surface area contributed by atoms with E-state index in [1.165, 1.54) is 11.1 Å². The first-order valence-electron chi connectivity index (χ1n) is 8.77. The average Bonchev–Trinajstić information content (AvgIpc) is 2.98. The van der Waals surface area contributed by atoms with Crippen molar-refractivity contribution in [3.8, 4) is 0 Å². The lowest BCUT2D eigenvalue weighted by atomic mass is 10.1. The highest BCUT2D eigenvalue weighted by molar-refractivity contribution is 8.00. The van der Waals surface area contributed by atoms with Crippen molar-refractivity contribution in [2.24, 2.45) is 0 Å². The van der Waals surface area contributed by atoms with E-state index in [4.69, 9.17) is 0 Å². The predicted octanol–water partition coefficient (Wildman–Crippen LogP) is 4.32. The maximum Gasteiger partial charge on any atom is 0.237 e. The Morgan fingerprint density at radius 3 is 2.48 bits per heavy atom. The van der Waals surface area contributed by atoms with E-state index in [0.717, 1.165) is 52.6 Å². The summed E-state index contributed by atoms with van der Waals surface area (Å²) < 4.78 is 0. The van der Waals surface area contributed by atoms with Gasteiger partial charge in [-0.15, -0.1) is 0 Å². The molecule has 0 fully saturated rings. The molecule has 1 N–H and O–H groups in total. The summed E-state index contributed by atoms with van der Waals surface area (Å²) in [4.78, 5) is 21.8. The van der Waals surface area contributed by atoms with Gasteiger partial charge in [0, 0.05) is 16.9 Å². The summed E-state index contributed by atoms with van der Waals surface area (Å²) in [5.41, 5.74) is 6.73. The third-order valence-electron chi connectivity index (χ3n) is 4.59. The molecule has 0 spiro atoms. The number of rotatable bonds is 4. The van der Waals surface area contributed by atoms with E-state index >= 15 is 0 Å². The van der Waals surface area contributed by atoms with Crippen LogP contribution in [-0.4, -0.2) is 21.1 Å². The number of fused-ring (bicyclic) bond motifs is 1. The number of amides is 1. The van der Waals surface area contributed by atoms with Gasteiger partial charge in [0.2, 0.25) is 5.91 Å². The molecule has 5 heteroatoms. The van der Waals surface area contributed by atoms with Crippen LogP contribution in [0.15, 0.2) is 17.2 Å². The molecule has 1 aliphatic rings. The van der Waals surface area contributed by atoms with Gasteiger partial charge in [-0.25, -0.2) is 9.97 Å². The second kappa shape index (κ2) is 7.16. The quantitative estimate of drug-likeness (QED) is 0.655. The first-order chi connectivity index (χ1) is 11.8. The van der Waals surface area contributed by atoms with E-state index in [2.05, 4.69) is 34.3 Å². The highest BCUT2D eigenvalue weighted by Gasteiger charge is 2.23. The number of thioether (sulfide) groups is 1. The molecule has 1 aromatic carbocycles. The number of aromatic nitrogens is 2. The molecule has 3 rings (SSSR count). The van der Waals surface area contributed by atoms with E-state index in [0.29, 0.717) is 0 Å². The maximum absolute atomic E-state index is 12.7. The minimum Gasteiger partial charge on any atom is -0.325 e. The Kier molecular flexibility index (Phi) is 5.13. The van der Waals surface area contributed by atoms with Crippen LogP contribution < -0.4 is 5.32 Å². The van der Waals surface area contributed by atoms with Crippen LogP contribution in [0.3, 0.4) is 0 Å². The Balaban J connectivity index is 1.76. The van der Waals surface area contributed by atoms with Crippen LogP contribution in [0.4, 0.5) is 5.69 Å². The van der Waals surface area contributed by atoms with Crippen molar-refractivity contribution in [2.45, 2.75) is 64.2 Å². The largest absolute Gasteiger partial charge is 0.325 e. The first-order valence-corrected chi connectivity index (χ1v) is 9.65. The zero-order chi connectivity index (χ0) is 18.1. The lowest BCUT2D eigenvalue weighted by Gasteiger charge is -2.17. The molecule has 0 radical (unpaired) electrons. The molecule has 1 amide bonds. The van der Waals surface area contributed by atoms with Crippen molar-refractivity contribution in [1.82, 2.24) is 9.97 Å². The first kappa shape index (κ1) is 17.9. The van der Waals surface area contributed by atoms with E-state index in [1.807, 2.05) is 27.7 Å². The van der Waals surface area contributed by atoms with Crippen molar-refractivity contribution in [2.75, 3.05) is 5.32 Å². The molecule has 1 heterocycles. The molecule has 0 saturated heterocycles. The molecule has 25 heavy (non-hydrogen) atoms. The second-order valence-electron chi connectivity index (χ2n) is 6.88. The van der Waals surface area contributed by atoms with Gasteiger partial charge in [-0.3, -0.25) is 4.79 Å². The predicted molar refractivity (Wildman–Crippen MR) is 103 cm³/mol. The second-order valence-corrected chi connectivity index (χ2v) is 8.21. The Morgan fingerprint density at radius 1 is 1.12 bits per heavy atom. The number of hydrogen-bond acceptors (Lipinski definition) is 4. The Bertz CT molecular complexity index is 809. The Hall–Kier alpha value is -1.88. The van der Waals surface area contributed by atoms with Crippen LogP contribution in [0, 0.1) is 27.7 Å². The summed E-state index contributed by atoms with van der Waals surface area (Å²) in [5, 5.41) is 3.87. The van der Waals surface area contributed by atoms with Crippen LogP contribution in [0.25, 0.3) is 0 Å². The number of nitrogens with one attached hydrogen (secondary N) is 1. The van der Waals surface area contributed by atoms with E-state index in [9.17, 15) is 4.79 Å². The van der Waals surface area contributed by atoms with Gasteiger partial charge < -0.3 is 5.32 Å². The smallest absolute Gasteiger partial charge is 0.237 e. The molecule has 4 nitrogen and oxygen atoms in total.